The van der Waals surface area contributed by atoms with Crippen molar-refractivity contribution in [1.82, 2.24) is 9.80 Å². The Morgan fingerprint density at radius 3 is 2.45 bits per heavy atom. The highest BCUT2D eigenvalue weighted by atomic mass is 19.4. The maximum Gasteiger partial charge on any atom is 0.416 e. The van der Waals surface area contributed by atoms with Crippen LogP contribution in [0.25, 0.3) is 6.08 Å². The zero-order valence-corrected chi connectivity index (χ0v) is 16.2. The number of likely N-dealkylation sites (tertiary alicyclic amines) is 1. The smallest absolute Gasteiger partial charge is 0.334 e. The van der Waals surface area contributed by atoms with Crippen molar-refractivity contribution >= 4 is 12.0 Å². The van der Waals surface area contributed by atoms with Gasteiger partial charge in [-0.05, 0) is 49.7 Å². The van der Waals surface area contributed by atoms with E-state index in [-0.39, 0.29) is 11.5 Å². The van der Waals surface area contributed by atoms with Crippen LogP contribution in [-0.2, 0) is 6.18 Å². The number of halogens is 3. The minimum atomic E-state index is -4.47. The summed E-state index contributed by atoms with van der Waals surface area (Å²) in [6.07, 6.45) is 1.63. The Morgan fingerprint density at radius 1 is 1.03 bits per heavy atom. The minimum absolute atomic E-state index is 0.0642. The summed E-state index contributed by atoms with van der Waals surface area (Å²) < 4.78 is 39.1. The van der Waals surface area contributed by atoms with Gasteiger partial charge in [-0.1, -0.05) is 48.6 Å². The molecule has 0 saturated carbocycles. The molecule has 0 spiro atoms. The van der Waals surface area contributed by atoms with Crippen molar-refractivity contribution in [3.05, 3.63) is 77.4 Å². The first-order valence-corrected chi connectivity index (χ1v) is 9.84. The number of rotatable bonds is 7. The number of hydrogen-bond acceptors (Lipinski definition) is 2. The Hall–Kier alpha value is -2.60. The van der Waals surface area contributed by atoms with E-state index in [2.05, 4.69) is 4.90 Å². The highest BCUT2D eigenvalue weighted by Crippen LogP contribution is 2.29. The SMILES string of the molecule is O=C(c1cccc(C(F)(F)F)c1)N(C/C=C/c1ccccc1)CCN1CCCC1. The molecule has 154 valence electrons. The van der Waals surface area contributed by atoms with Gasteiger partial charge in [0.15, 0.2) is 0 Å². The molecule has 0 bridgehead atoms. The summed E-state index contributed by atoms with van der Waals surface area (Å²) in [7, 11) is 0. The summed E-state index contributed by atoms with van der Waals surface area (Å²) in [5, 5.41) is 0. The van der Waals surface area contributed by atoms with Gasteiger partial charge in [-0.15, -0.1) is 0 Å². The molecule has 1 aliphatic rings. The van der Waals surface area contributed by atoms with Crippen molar-refractivity contribution in [2.45, 2.75) is 19.0 Å². The van der Waals surface area contributed by atoms with Crippen molar-refractivity contribution in [1.29, 1.82) is 0 Å². The van der Waals surface area contributed by atoms with E-state index in [0.717, 1.165) is 50.2 Å². The molecule has 0 unspecified atom stereocenters. The Kier molecular flexibility index (Phi) is 7.09. The van der Waals surface area contributed by atoms with E-state index in [1.54, 1.807) is 4.90 Å². The highest BCUT2D eigenvalue weighted by molar-refractivity contribution is 5.94. The average molecular weight is 402 g/mol. The van der Waals surface area contributed by atoms with E-state index >= 15 is 0 Å². The molecule has 1 aliphatic heterocycles. The van der Waals surface area contributed by atoms with Crippen LogP contribution < -0.4 is 0 Å². The first kappa shape index (κ1) is 21.1. The van der Waals surface area contributed by atoms with Gasteiger partial charge < -0.3 is 9.80 Å². The van der Waals surface area contributed by atoms with Crippen LogP contribution in [0.15, 0.2) is 60.7 Å². The van der Waals surface area contributed by atoms with Gasteiger partial charge in [0.2, 0.25) is 0 Å². The molecule has 3 rings (SSSR count). The second-order valence-corrected chi connectivity index (χ2v) is 7.19. The molecule has 1 fully saturated rings. The number of alkyl halides is 3. The van der Waals surface area contributed by atoms with Crippen molar-refractivity contribution in [2.75, 3.05) is 32.7 Å². The number of carbonyl (C=O) groups is 1. The van der Waals surface area contributed by atoms with Crippen LogP contribution in [-0.4, -0.2) is 48.4 Å². The first-order valence-electron chi connectivity index (χ1n) is 9.84. The summed E-state index contributed by atoms with van der Waals surface area (Å²) in [5.74, 6) is -0.381. The van der Waals surface area contributed by atoms with Gasteiger partial charge in [0, 0.05) is 25.2 Å². The van der Waals surface area contributed by atoms with Crippen molar-refractivity contribution in [3.8, 4) is 0 Å². The van der Waals surface area contributed by atoms with Gasteiger partial charge >= 0.3 is 6.18 Å². The third-order valence-corrected chi connectivity index (χ3v) is 5.04. The Bertz CT molecular complexity index is 828. The van der Waals surface area contributed by atoms with Crippen LogP contribution in [0.3, 0.4) is 0 Å². The van der Waals surface area contributed by atoms with Crippen molar-refractivity contribution < 1.29 is 18.0 Å². The summed E-state index contributed by atoms with van der Waals surface area (Å²) in [4.78, 5) is 16.9. The van der Waals surface area contributed by atoms with Crippen LogP contribution >= 0.6 is 0 Å². The summed E-state index contributed by atoms with van der Waals surface area (Å²) in [5.41, 5.74) is 0.274. The summed E-state index contributed by atoms with van der Waals surface area (Å²) in [6.45, 7) is 3.56. The van der Waals surface area contributed by atoms with Gasteiger partial charge in [-0.3, -0.25) is 4.79 Å². The van der Waals surface area contributed by atoms with Gasteiger partial charge in [0.1, 0.15) is 0 Å². The Morgan fingerprint density at radius 2 is 1.76 bits per heavy atom. The summed E-state index contributed by atoms with van der Waals surface area (Å²) >= 11 is 0. The zero-order valence-electron chi connectivity index (χ0n) is 16.2. The molecule has 0 radical (unpaired) electrons. The van der Waals surface area contributed by atoms with E-state index in [1.165, 1.54) is 12.1 Å². The van der Waals surface area contributed by atoms with Gasteiger partial charge in [0.05, 0.1) is 5.56 Å². The van der Waals surface area contributed by atoms with Crippen molar-refractivity contribution in [3.63, 3.8) is 0 Å². The molecule has 29 heavy (non-hydrogen) atoms. The predicted octanol–water partition coefficient (Wildman–Crippen LogP) is 4.96. The molecular weight excluding hydrogens is 377 g/mol. The van der Waals surface area contributed by atoms with E-state index < -0.39 is 11.7 Å². The van der Waals surface area contributed by atoms with E-state index in [4.69, 9.17) is 0 Å². The molecule has 6 heteroatoms. The number of benzene rings is 2. The lowest BCUT2D eigenvalue weighted by Gasteiger charge is -2.25. The first-order chi connectivity index (χ1) is 13.9. The molecule has 2 aromatic carbocycles. The Labute approximate surface area is 169 Å². The normalized spacial score (nSPS) is 15.1. The fourth-order valence-corrected chi connectivity index (χ4v) is 3.44. The second-order valence-electron chi connectivity index (χ2n) is 7.19. The number of hydrogen-bond donors (Lipinski definition) is 0. The van der Waals surface area contributed by atoms with Gasteiger partial charge in [0.25, 0.3) is 5.91 Å². The average Bonchev–Trinajstić information content (AvgIpc) is 3.24. The largest absolute Gasteiger partial charge is 0.416 e. The fourth-order valence-electron chi connectivity index (χ4n) is 3.44. The quantitative estimate of drug-likeness (QED) is 0.654. The molecule has 0 atom stereocenters. The maximum absolute atomic E-state index is 13.0. The highest BCUT2D eigenvalue weighted by Gasteiger charge is 2.31. The lowest BCUT2D eigenvalue weighted by Crippen LogP contribution is -2.38. The fraction of sp³-hybridized carbons (Fsp3) is 0.348. The van der Waals surface area contributed by atoms with Crippen LogP contribution in [0.2, 0.25) is 0 Å². The standard InChI is InChI=1S/C23H25F3N2O/c24-23(25,26)21-12-6-11-20(18-21)22(29)28(17-16-27-13-4-5-14-27)15-7-10-19-8-2-1-3-9-19/h1-3,6-12,18H,4-5,13-17H2/b10-7+. The van der Waals surface area contributed by atoms with E-state index in [9.17, 15) is 18.0 Å². The lowest BCUT2D eigenvalue weighted by atomic mass is 10.1. The molecule has 0 N–H and O–H groups in total. The predicted molar refractivity (Wildman–Crippen MR) is 108 cm³/mol. The van der Waals surface area contributed by atoms with Crippen LogP contribution in [0, 0.1) is 0 Å². The van der Waals surface area contributed by atoms with Crippen LogP contribution in [0.5, 0.6) is 0 Å². The monoisotopic (exact) mass is 402 g/mol. The third kappa shape index (κ3) is 6.19. The van der Waals surface area contributed by atoms with Crippen molar-refractivity contribution in [2.24, 2.45) is 0 Å². The molecule has 0 aromatic heterocycles. The maximum atomic E-state index is 13.0. The molecule has 2 aromatic rings. The Balaban J connectivity index is 1.73. The molecule has 1 heterocycles. The van der Waals surface area contributed by atoms with Gasteiger partial charge in [-0.25, -0.2) is 0 Å². The summed E-state index contributed by atoms with van der Waals surface area (Å²) in [6, 6.07) is 14.4. The second kappa shape index (κ2) is 9.74. The molecule has 0 aliphatic carbocycles. The zero-order chi connectivity index (χ0) is 20.7. The van der Waals surface area contributed by atoms with Crippen LogP contribution in [0.1, 0.15) is 34.3 Å². The third-order valence-electron chi connectivity index (χ3n) is 5.04. The molecule has 1 saturated heterocycles. The topological polar surface area (TPSA) is 23.6 Å². The lowest BCUT2D eigenvalue weighted by molar-refractivity contribution is -0.137. The molecule has 1 amide bonds. The van der Waals surface area contributed by atoms with E-state index in [1.807, 2.05) is 42.5 Å². The minimum Gasteiger partial charge on any atom is -0.334 e. The van der Waals surface area contributed by atoms with Crippen LogP contribution in [0.4, 0.5) is 13.2 Å². The number of carbonyl (C=O) groups excluding carboxylic acids is 1. The molecular formula is C23H25F3N2O. The van der Waals surface area contributed by atoms with Gasteiger partial charge in [-0.2, -0.15) is 13.2 Å². The van der Waals surface area contributed by atoms with E-state index in [0.29, 0.717) is 13.1 Å². The number of nitrogens with zero attached hydrogens (tertiary/aromatic N) is 2. The molecule has 3 nitrogen and oxygen atoms in total. The number of amides is 1.